The van der Waals surface area contributed by atoms with Crippen molar-refractivity contribution < 1.29 is 4.43 Å². The molecule has 0 aliphatic carbocycles. The molecule has 0 rings (SSSR count). The van der Waals surface area contributed by atoms with E-state index in [4.69, 9.17) is 4.43 Å². The summed E-state index contributed by atoms with van der Waals surface area (Å²) >= 11 is 1.80. The Kier molecular flexibility index (Phi) is 5.79. The van der Waals surface area contributed by atoms with Crippen molar-refractivity contribution in [2.45, 2.75) is 58.2 Å². The van der Waals surface area contributed by atoms with Crippen LogP contribution < -0.4 is 0 Å². The standard InChI is InChI=1S/C10H22OSi.Mg/c1-8(2)12(11-7,9(3)4)10(5)6;/h7-10H,1-6H3;. The molecule has 3 heteroatoms. The van der Waals surface area contributed by atoms with Crippen LogP contribution in [0.1, 0.15) is 41.5 Å². The fourth-order valence-electron chi connectivity index (χ4n) is 2.55. The van der Waals surface area contributed by atoms with E-state index < -0.39 is 8.32 Å². The third-order valence-electron chi connectivity index (χ3n) is 2.99. The molecule has 0 aliphatic heterocycles. The van der Waals surface area contributed by atoms with E-state index in [-0.39, 0.29) is 0 Å². The van der Waals surface area contributed by atoms with Gasteiger partial charge in [0, 0.05) is 0 Å². The van der Waals surface area contributed by atoms with Crippen LogP contribution in [-0.4, -0.2) is 33.9 Å². The summed E-state index contributed by atoms with van der Waals surface area (Å²) in [6.07, 6.45) is 0. The van der Waals surface area contributed by atoms with E-state index in [2.05, 4.69) is 41.5 Å². The zero-order chi connectivity index (χ0) is 10.6. The van der Waals surface area contributed by atoms with Gasteiger partial charge in [0.2, 0.25) is 0 Å². The normalized spacial score (nSPS) is 12.8. The molecule has 0 fully saturated rings. The molecular weight excluding hydrogens is 188 g/mol. The van der Waals surface area contributed by atoms with E-state index in [0.717, 1.165) is 0 Å². The first-order valence-corrected chi connectivity index (χ1v) is 8.13. The van der Waals surface area contributed by atoms with Gasteiger partial charge in [-0.15, -0.1) is 0 Å². The van der Waals surface area contributed by atoms with Gasteiger partial charge < -0.3 is 0 Å². The topological polar surface area (TPSA) is 9.23 Å². The maximum absolute atomic E-state index is 6.04. The molecule has 0 heterocycles. The molecule has 74 valence electrons. The Balaban J connectivity index is 4.92. The molecule has 0 atom stereocenters. The Morgan fingerprint density at radius 1 is 0.923 bits per heavy atom. The first-order valence-electron chi connectivity index (χ1n) is 5.18. The van der Waals surface area contributed by atoms with E-state index in [1.54, 1.807) is 21.2 Å². The van der Waals surface area contributed by atoms with Gasteiger partial charge >= 0.3 is 96.5 Å². The van der Waals surface area contributed by atoms with Gasteiger partial charge in [-0.05, 0) is 0 Å². The monoisotopic (exact) mass is 210 g/mol. The van der Waals surface area contributed by atoms with Crippen molar-refractivity contribution in [1.29, 1.82) is 0 Å². The molecule has 0 aromatic rings. The second-order valence-electron chi connectivity index (χ2n) is 4.60. The van der Waals surface area contributed by atoms with Gasteiger partial charge in [0.05, 0.1) is 0 Å². The van der Waals surface area contributed by atoms with Crippen LogP contribution in [0, 0.1) is 0 Å². The fraction of sp³-hybridized carbons (Fsp3) is 0.900. The average molecular weight is 211 g/mol. The summed E-state index contributed by atoms with van der Waals surface area (Å²) in [6.45, 7) is 13.8. The van der Waals surface area contributed by atoms with Gasteiger partial charge in [0.15, 0.2) is 0 Å². The van der Waals surface area contributed by atoms with Crippen molar-refractivity contribution in [1.82, 2.24) is 0 Å². The zero-order valence-corrected chi connectivity index (χ0v) is 12.3. The van der Waals surface area contributed by atoms with Gasteiger partial charge in [-0.3, -0.25) is 0 Å². The van der Waals surface area contributed by atoms with E-state index in [0.29, 0.717) is 16.6 Å². The Morgan fingerprint density at radius 2 is 1.23 bits per heavy atom. The van der Waals surface area contributed by atoms with Crippen molar-refractivity contribution in [3.05, 3.63) is 0 Å². The van der Waals surface area contributed by atoms with Crippen molar-refractivity contribution >= 4 is 33.9 Å². The van der Waals surface area contributed by atoms with Crippen LogP contribution in [0.4, 0.5) is 0 Å². The predicted octanol–water partition coefficient (Wildman–Crippen LogP) is 3.11. The molecule has 0 aromatic carbocycles. The van der Waals surface area contributed by atoms with Gasteiger partial charge in [0.25, 0.3) is 0 Å². The first kappa shape index (κ1) is 13.7. The van der Waals surface area contributed by atoms with Crippen molar-refractivity contribution in [3.63, 3.8) is 0 Å². The van der Waals surface area contributed by atoms with Crippen molar-refractivity contribution in [3.8, 4) is 0 Å². The molecule has 0 aromatic heterocycles. The molecule has 0 amide bonds. The van der Waals surface area contributed by atoms with Crippen molar-refractivity contribution in [2.24, 2.45) is 0 Å². The predicted molar refractivity (Wildman–Crippen MR) is 64.0 cm³/mol. The second-order valence-corrected chi connectivity index (χ2v) is 10.3. The Morgan fingerprint density at radius 3 is 1.31 bits per heavy atom. The summed E-state index contributed by atoms with van der Waals surface area (Å²) in [5, 5.41) is 0. The Labute approximate surface area is 96.3 Å². The Bertz CT molecular complexity index is 145. The molecule has 0 N–H and O–H groups in total. The number of hydrogen-bond acceptors (Lipinski definition) is 1. The number of hydrogen-bond donors (Lipinski definition) is 0. The molecule has 0 saturated heterocycles. The molecule has 13 heavy (non-hydrogen) atoms. The molecule has 0 unspecified atom stereocenters. The van der Waals surface area contributed by atoms with Gasteiger partial charge in [-0.25, -0.2) is 0 Å². The third-order valence-corrected chi connectivity index (χ3v) is 9.48. The van der Waals surface area contributed by atoms with Gasteiger partial charge in [-0.2, -0.15) is 0 Å². The van der Waals surface area contributed by atoms with Crippen LogP contribution in [0.3, 0.4) is 0 Å². The van der Waals surface area contributed by atoms with Crippen molar-refractivity contribution in [2.75, 3.05) is 0 Å². The minimum absolute atomic E-state index is 0.688. The molecule has 0 spiro atoms. The van der Waals surface area contributed by atoms with Crippen LogP contribution in [0.15, 0.2) is 0 Å². The van der Waals surface area contributed by atoms with E-state index in [1.165, 1.54) is 0 Å². The van der Waals surface area contributed by atoms with E-state index >= 15 is 0 Å². The molecule has 0 saturated carbocycles. The summed E-state index contributed by atoms with van der Waals surface area (Å²) in [4.78, 5) is 0. The second kappa shape index (κ2) is 5.51. The molecule has 0 bridgehead atoms. The Hall–Kier alpha value is 0.653. The number of rotatable bonds is 5. The first-order chi connectivity index (χ1) is 5.89. The van der Waals surface area contributed by atoms with Gasteiger partial charge in [-0.1, -0.05) is 0 Å². The van der Waals surface area contributed by atoms with Crippen LogP contribution in [0.2, 0.25) is 16.6 Å². The zero-order valence-electron chi connectivity index (χ0n) is 9.92. The minimum atomic E-state index is -1.58. The van der Waals surface area contributed by atoms with Crippen LogP contribution >= 0.6 is 0 Å². The summed E-state index contributed by atoms with van der Waals surface area (Å²) in [5.41, 5.74) is 2.07. The summed E-state index contributed by atoms with van der Waals surface area (Å²) < 4.78 is 7.96. The molecule has 1 nitrogen and oxygen atoms in total. The van der Waals surface area contributed by atoms with Crippen LogP contribution in [-0.2, 0) is 4.43 Å². The fourth-order valence-corrected chi connectivity index (χ4v) is 8.52. The average Bonchev–Trinajstić information content (AvgIpc) is 1.97. The van der Waals surface area contributed by atoms with Crippen LogP contribution in [0.5, 0.6) is 0 Å². The quantitative estimate of drug-likeness (QED) is 0.634. The summed E-state index contributed by atoms with van der Waals surface area (Å²) in [7, 11) is -1.58. The van der Waals surface area contributed by atoms with Gasteiger partial charge in [0.1, 0.15) is 0 Å². The van der Waals surface area contributed by atoms with Crippen LogP contribution in [0.25, 0.3) is 0 Å². The van der Waals surface area contributed by atoms with E-state index in [9.17, 15) is 0 Å². The maximum atomic E-state index is 6.04. The third kappa shape index (κ3) is 2.80. The summed E-state index contributed by atoms with van der Waals surface area (Å²) in [5.74, 6) is 0. The molecule has 0 aliphatic rings. The van der Waals surface area contributed by atoms with E-state index in [1.807, 2.05) is 4.32 Å². The SMILES string of the molecule is CC(C)[Si](O[CH]=[Mg])(C(C)C)C(C)C. The molecule has 0 radical (unpaired) electrons. The summed E-state index contributed by atoms with van der Waals surface area (Å²) in [6, 6.07) is 0. The molecular formula is C10H22MgOSi.